The van der Waals surface area contributed by atoms with Gasteiger partial charge in [-0.2, -0.15) is 0 Å². The lowest BCUT2D eigenvalue weighted by atomic mass is 9.75. The molecule has 15 heteroatoms. The fourth-order valence-corrected chi connectivity index (χ4v) is 17.2. The molecular weight excluding hydrogens is 1340 g/mol. The van der Waals surface area contributed by atoms with Crippen molar-refractivity contribution in [2.45, 2.75) is 231 Å². The van der Waals surface area contributed by atoms with Gasteiger partial charge in [-0.1, -0.05) is 166 Å². The number of rotatable bonds is 24. The van der Waals surface area contributed by atoms with E-state index in [1.54, 1.807) is 121 Å². The van der Waals surface area contributed by atoms with Gasteiger partial charge in [0.15, 0.2) is 0 Å². The Morgan fingerprint density at radius 2 is 0.589 bits per heavy atom. The molecule has 0 N–H and O–H groups in total. The van der Waals surface area contributed by atoms with Gasteiger partial charge in [-0.15, -0.1) is 6.42 Å². The van der Waals surface area contributed by atoms with Gasteiger partial charge in [0.05, 0.1) is 62.5 Å². The second-order valence-electron chi connectivity index (χ2n) is 33.9. The third-order valence-electron chi connectivity index (χ3n) is 23.6. The van der Waals surface area contributed by atoms with Crippen LogP contribution in [0.4, 0.5) is 28.4 Å². The van der Waals surface area contributed by atoms with Crippen LogP contribution >= 0.6 is 0 Å². The zero-order chi connectivity index (χ0) is 76.8. The summed E-state index contributed by atoms with van der Waals surface area (Å²) >= 11 is 0. The Labute approximate surface area is 637 Å². The topological polar surface area (TPSA) is 193 Å². The number of terminal acetylenes is 1. The first kappa shape index (κ1) is 80.9. The molecule has 15 atom stereocenters. The lowest BCUT2D eigenvalue weighted by molar-refractivity contribution is -0.0181. The molecule has 0 spiro atoms. The number of hydrogen-bond acceptors (Lipinski definition) is 15. The number of aliphatic imine (C=N–C) groups is 5. The van der Waals surface area contributed by atoms with Gasteiger partial charge in [0, 0.05) is 0 Å². The third kappa shape index (κ3) is 21.8. The number of carbonyl (C=O) groups is 5. The van der Waals surface area contributed by atoms with E-state index in [4.69, 9.17) is 55.1 Å². The summed E-state index contributed by atoms with van der Waals surface area (Å²) in [7, 11) is 0. The zero-order valence-electron chi connectivity index (χ0n) is 66.2. The van der Waals surface area contributed by atoms with Crippen molar-refractivity contribution in [3.8, 4) is 12.3 Å². The van der Waals surface area contributed by atoms with Gasteiger partial charge < -0.3 is 23.7 Å². The van der Waals surface area contributed by atoms with Gasteiger partial charge in [0.2, 0.25) is 0 Å². The Kier molecular flexibility index (Phi) is 28.3. The molecule has 107 heavy (non-hydrogen) atoms. The van der Waals surface area contributed by atoms with Crippen molar-refractivity contribution in [1.29, 1.82) is 0 Å². The average Bonchev–Trinajstić information content (AvgIpc) is 0.822. The summed E-state index contributed by atoms with van der Waals surface area (Å²) in [5.74, 6) is 4.78. The predicted molar refractivity (Wildman–Crippen MR) is 430 cm³/mol. The molecule has 5 fully saturated rings. The SMILES string of the molecule is C#CC(=Nc1cccc(C(=O)O[C@@H]2C[C@H](C)CC[C@H]2C(C)C)c1)C(=Nc1cccc(C(=O)O[C@@H]2C[C@H](C)CC[C@H]2C(C)C)c1)C(=Nc1cccc(C(=O)O[C@@H]2C[C@H](C)CC[C@H]2C(C)C)c1)C(C=Nc1cccc(C(=O)O[C@@H]2C[C@H](C)CC[C@H]2C(C)C)c1)=Nc1cccc(C(=O)O[C@@H]2C[C@H](C)CC[C@H]2C(C)C)c1. The molecule has 5 aromatic carbocycles. The van der Waals surface area contributed by atoms with Crippen LogP contribution in [0.3, 0.4) is 0 Å². The summed E-state index contributed by atoms with van der Waals surface area (Å²) in [4.78, 5) is 99.5. The summed E-state index contributed by atoms with van der Waals surface area (Å²) in [5.41, 5.74) is 2.68. The second-order valence-corrected chi connectivity index (χ2v) is 33.9. The van der Waals surface area contributed by atoms with Crippen LogP contribution in [0.25, 0.3) is 0 Å². The highest BCUT2D eigenvalue weighted by Crippen LogP contribution is 2.42. The van der Waals surface area contributed by atoms with Crippen molar-refractivity contribution in [3.05, 3.63) is 149 Å². The first-order valence-electron chi connectivity index (χ1n) is 40.1. The van der Waals surface area contributed by atoms with Crippen molar-refractivity contribution < 1.29 is 47.7 Å². The van der Waals surface area contributed by atoms with Crippen LogP contribution in [0.2, 0.25) is 0 Å². The Morgan fingerprint density at radius 3 is 0.860 bits per heavy atom. The van der Waals surface area contributed by atoms with Gasteiger partial charge >= 0.3 is 29.8 Å². The number of carbonyl (C=O) groups excluding carboxylic acids is 5. The van der Waals surface area contributed by atoms with E-state index in [0.29, 0.717) is 70.2 Å². The zero-order valence-corrected chi connectivity index (χ0v) is 66.2. The summed E-state index contributed by atoms with van der Waals surface area (Å²) in [6, 6.07) is 34.2. The highest BCUT2D eigenvalue weighted by atomic mass is 16.6. The molecule has 5 aliphatic rings. The van der Waals surface area contributed by atoms with Crippen LogP contribution in [-0.4, -0.2) is 89.4 Å². The lowest BCUT2D eigenvalue weighted by Crippen LogP contribution is -2.35. The molecule has 0 radical (unpaired) electrons. The standard InChI is InChI=1S/C92H117N5O10/c1-17-79(94-70-29-19-24-65(49-70)89(99)104-82-44-60(13)34-39-75(82)55(4)5)86(96-72-31-21-26-67(51-72)91(101)106-84-46-62(15)36-41-77(84)57(8)9)87(97-73-32-22-27-68(52-73)92(102)107-85-47-63(16)37-42-78(85)58(10)11)80(95-71-30-20-25-66(50-71)90(100)105-83-45-61(14)35-40-76(83)56(6)7)53-93-69-28-18-23-64(48-69)88(98)103-81-43-59(12)33-38-74(81)54(2)3/h1,18-32,48-63,74-78,81-85H,33-47H2,2-16H3/t59-,60-,61-,62-,63-,74+,75+,76+,77+,78+,81-,82-,83-,84-,85-/m1/s1. The van der Waals surface area contributed by atoms with Crippen LogP contribution in [-0.2, 0) is 23.7 Å². The molecule has 0 aromatic heterocycles. The summed E-state index contributed by atoms with van der Waals surface area (Å²) < 4.78 is 32.2. The van der Waals surface area contributed by atoms with Crippen LogP contribution in [0.5, 0.6) is 0 Å². The van der Waals surface area contributed by atoms with E-state index in [1.165, 1.54) is 6.21 Å². The van der Waals surface area contributed by atoms with E-state index in [2.05, 4.69) is 110 Å². The first-order chi connectivity index (χ1) is 51.2. The molecule has 0 saturated heterocycles. The van der Waals surface area contributed by atoms with E-state index < -0.39 is 29.8 Å². The van der Waals surface area contributed by atoms with E-state index in [-0.39, 0.29) is 128 Å². The molecule has 5 saturated carbocycles. The Bertz CT molecular complexity index is 4130. The van der Waals surface area contributed by atoms with Gasteiger partial charge in [0.25, 0.3) is 0 Å². The van der Waals surface area contributed by atoms with Crippen molar-refractivity contribution in [3.63, 3.8) is 0 Å². The smallest absolute Gasteiger partial charge is 0.338 e. The van der Waals surface area contributed by atoms with Gasteiger partial charge in [0.1, 0.15) is 53.4 Å². The van der Waals surface area contributed by atoms with Gasteiger partial charge in [-0.3, -0.25) is 4.99 Å². The summed E-state index contributed by atoms with van der Waals surface area (Å²) in [5, 5.41) is 0. The highest BCUT2D eigenvalue weighted by molar-refractivity contribution is 6.90. The van der Waals surface area contributed by atoms with E-state index in [9.17, 15) is 24.0 Å². The second kappa shape index (κ2) is 37.5. The Morgan fingerprint density at radius 1 is 0.346 bits per heavy atom. The van der Waals surface area contributed by atoms with Crippen molar-refractivity contribution in [2.75, 3.05) is 0 Å². The fraction of sp³-hybridized carbons (Fsp3) is 0.543. The molecule has 0 amide bonds. The minimum atomic E-state index is -0.506. The highest BCUT2D eigenvalue weighted by Gasteiger charge is 2.39. The molecule has 0 aliphatic heterocycles. The quantitative estimate of drug-likeness (QED) is 0.0248. The molecule has 5 aliphatic carbocycles. The minimum absolute atomic E-state index is 0.0201. The van der Waals surface area contributed by atoms with Crippen LogP contribution in [0.1, 0.15) is 252 Å². The maximum Gasteiger partial charge on any atom is 0.338 e. The van der Waals surface area contributed by atoms with E-state index in [0.717, 1.165) is 96.3 Å². The van der Waals surface area contributed by atoms with Crippen LogP contribution < -0.4 is 0 Å². The van der Waals surface area contributed by atoms with E-state index in [1.807, 2.05) is 0 Å². The van der Waals surface area contributed by atoms with Crippen LogP contribution in [0.15, 0.2) is 146 Å². The Balaban J connectivity index is 1.18. The third-order valence-corrected chi connectivity index (χ3v) is 23.6. The number of nitrogens with zero attached hydrogens (tertiary/aromatic N) is 5. The first-order valence-corrected chi connectivity index (χ1v) is 40.1. The van der Waals surface area contributed by atoms with Crippen molar-refractivity contribution >= 4 is 87.3 Å². The molecule has 0 unspecified atom stereocenters. The molecule has 570 valence electrons. The largest absolute Gasteiger partial charge is 0.458 e. The molecule has 0 heterocycles. The molecular formula is C92H117N5O10. The maximum absolute atomic E-state index is 14.7. The fourth-order valence-electron chi connectivity index (χ4n) is 17.2. The monoisotopic (exact) mass is 1450 g/mol. The average molecular weight is 1450 g/mol. The number of ether oxygens (including phenoxy) is 5. The normalized spacial score (nSPS) is 27.0. The Hall–Kier alpha value is -8.64. The predicted octanol–water partition coefficient (Wildman–Crippen LogP) is 22.2. The van der Waals surface area contributed by atoms with Gasteiger partial charge in [-0.05, 0) is 250 Å². The maximum atomic E-state index is 14.7. The number of hydrogen-bond donors (Lipinski definition) is 0. The minimum Gasteiger partial charge on any atom is -0.458 e. The summed E-state index contributed by atoms with van der Waals surface area (Å²) in [6.07, 6.45) is 20.7. The van der Waals surface area contributed by atoms with Crippen molar-refractivity contribution in [2.24, 2.45) is 114 Å². The molecule has 15 nitrogen and oxygen atoms in total. The van der Waals surface area contributed by atoms with Gasteiger partial charge in [-0.25, -0.2) is 43.9 Å². The number of benzene rings is 5. The van der Waals surface area contributed by atoms with E-state index >= 15 is 0 Å². The van der Waals surface area contributed by atoms with Crippen molar-refractivity contribution in [1.82, 2.24) is 0 Å². The molecule has 0 bridgehead atoms. The lowest BCUT2D eigenvalue weighted by Gasteiger charge is -2.36. The molecule has 10 rings (SSSR count). The van der Waals surface area contributed by atoms with Crippen LogP contribution in [0, 0.1) is 101 Å². The summed E-state index contributed by atoms with van der Waals surface area (Å²) in [6.45, 7) is 32.7. The molecule has 5 aromatic rings. The number of esters is 5.